The lowest BCUT2D eigenvalue weighted by Gasteiger charge is -2.16. The molecule has 0 bridgehead atoms. The van der Waals surface area contributed by atoms with E-state index in [0.29, 0.717) is 28.7 Å². The summed E-state index contributed by atoms with van der Waals surface area (Å²) in [6.07, 6.45) is 9.99. The second-order valence-corrected chi connectivity index (χ2v) is 10.2. The normalized spacial score (nSPS) is 13.8. The van der Waals surface area contributed by atoms with Gasteiger partial charge in [-0.15, -0.1) is 0 Å². The van der Waals surface area contributed by atoms with E-state index in [0.717, 1.165) is 54.4 Å². The number of allylic oxidation sites excluding steroid dienone is 1. The van der Waals surface area contributed by atoms with Gasteiger partial charge in [0.25, 0.3) is 0 Å². The molecular formula is C33H32O4. The Labute approximate surface area is 217 Å². The molecule has 0 saturated heterocycles. The molecule has 3 aromatic carbocycles. The molecule has 4 aromatic rings. The van der Waals surface area contributed by atoms with Gasteiger partial charge in [0.15, 0.2) is 5.43 Å². The maximum atomic E-state index is 13.2. The van der Waals surface area contributed by atoms with Crippen LogP contribution in [0.5, 0.6) is 0 Å². The zero-order chi connectivity index (χ0) is 25.9. The van der Waals surface area contributed by atoms with E-state index in [1.165, 1.54) is 11.1 Å². The monoisotopic (exact) mass is 492 g/mol. The van der Waals surface area contributed by atoms with E-state index in [-0.39, 0.29) is 11.3 Å². The molecule has 37 heavy (non-hydrogen) atoms. The van der Waals surface area contributed by atoms with Crippen LogP contribution < -0.4 is 5.43 Å². The number of aryl methyl sites for hydroxylation is 3. The van der Waals surface area contributed by atoms with Crippen LogP contribution in [0.25, 0.3) is 28.4 Å². The van der Waals surface area contributed by atoms with E-state index in [1.807, 2.05) is 31.2 Å². The highest BCUT2D eigenvalue weighted by Crippen LogP contribution is 2.33. The summed E-state index contributed by atoms with van der Waals surface area (Å²) in [7, 11) is 0. The van der Waals surface area contributed by atoms with Crippen LogP contribution in [0.1, 0.15) is 76.7 Å². The summed E-state index contributed by atoms with van der Waals surface area (Å²) >= 11 is 0. The molecule has 1 N–H and O–H groups in total. The first kappa shape index (κ1) is 24.8. The molecule has 1 aliphatic carbocycles. The van der Waals surface area contributed by atoms with E-state index in [4.69, 9.17) is 4.42 Å². The van der Waals surface area contributed by atoms with Gasteiger partial charge in [0.2, 0.25) is 0 Å². The van der Waals surface area contributed by atoms with Crippen LogP contribution in [0, 0.1) is 6.92 Å². The van der Waals surface area contributed by atoms with Gasteiger partial charge in [0, 0.05) is 11.6 Å². The molecule has 1 aromatic heterocycles. The predicted octanol–water partition coefficient (Wildman–Crippen LogP) is 7.94. The highest BCUT2D eigenvalue weighted by atomic mass is 16.4. The first-order valence-corrected chi connectivity index (χ1v) is 13.1. The second kappa shape index (κ2) is 10.6. The van der Waals surface area contributed by atoms with Crippen molar-refractivity contribution >= 4 is 23.0 Å². The standard InChI is InChI=1S/C33H32O4/c1-21-17-28(22(2)9-8-13-24-11-6-7-14-27(24)33(35)36)32-29(18-21)30(34)20-31(37-32)26-16-15-23-10-4-3-5-12-25(23)19-26/h4,6-7,10-11,14-20,22H,3,5,8-9,12-13H2,1-2H3,(H,35,36). The number of carboxylic acids is 1. The molecule has 1 unspecified atom stereocenters. The minimum atomic E-state index is -0.892. The van der Waals surface area contributed by atoms with E-state index < -0.39 is 5.97 Å². The Hall–Kier alpha value is -3.92. The van der Waals surface area contributed by atoms with Crippen LogP contribution in [-0.4, -0.2) is 11.1 Å². The van der Waals surface area contributed by atoms with Crippen molar-refractivity contribution in [2.45, 2.75) is 58.3 Å². The van der Waals surface area contributed by atoms with Gasteiger partial charge in [-0.25, -0.2) is 4.79 Å². The average Bonchev–Trinajstić information content (AvgIpc) is 3.13. The molecule has 1 heterocycles. The van der Waals surface area contributed by atoms with Crippen molar-refractivity contribution in [2.75, 3.05) is 0 Å². The molecule has 0 amide bonds. The smallest absolute Gasteiger partial charge is 0.335 e. The number of hydrogen-bond acceptors (Lipinski definition) is 3. The van der Waals surface area contributed by atoms with Gasteiger partial charge in [-0.05, 0) is 97.4 Å². The van der Waals surface area contributed by atoms with E-state index in [9.17, 15) is 14.7 Å². The van der Waals surface area contributed by atoms with Crippen molar-refractivity contribution in [2.24, 2.45) is 0 Å². The van der Waals surface area contributed by atoms with Crippen molar-refractivity contribution in [1.29, 1.82) is 0 Å². The van der Waals surface area contributed by atoms with Gasteiger partial charge in [0.05, 0.1) is 10.9 Å². The highest BCUT2D eigenvalue weighted by Gasteiger charge is 2.18. The lowest BCUT2D eigenvalue weighted by Crippen LogP contribution is -2.06. The Morgan fingerprint density at radius 2 is 1.92 bits per heavy atom. The minimum Gasteiger partial charge on any atom is -0.478 e. The summed E-state index contributed by atoms with van der Waals surface area (Å²) in [5, 5.41) is 10.1. The van der Waals surface area contributed by atoms with Crippen LogP contribution >= 0.6 is 0 Å². The Bertz CT molecular complexity index is 1560. The quantitative estimate of drug-likeness (QED) is 0.284. The lowest BCUT2D eigenvalue weighted by atomic mass is 9.90. The molecule has 0 spiro atoms. The van der Waals surface area contributed by atoms with Crippen LogP contribution in [-0.2, 0) is 12.8 Å². The van der Waals surface area contributed by atoms with Crippen molar-refractivity contribution in [3.05, 3.63) is 110 Å². The molecular weight excluding hydrogens is 460 g/mol. The van der Waals surface area contributed by atoms with E-state index in [2.05, 4.69) is 37.3 Å². The number of fused-ring (bicyclic) bond motifs is 2. The summed E-state index contributed by atoms with van der Waals surface area (Å²) in [5.41, 5.74) is 7.34. The predicted molar refractivity (Wildman–Crippen MR) is 149 cm³/mol. The first-order chi connectivity index (χ1) is 17.9. The molecule has 0 aliphatic heterocycles. The Balaban J connectivity index is 1.46. The molecule has 4 nitrogen and oxygen atoms in total. The molecule has 5 rings (SSSR count). The maximum absolute atomic E-state index is 13.2. The second-order valence-electron chi connectivity index (χ2n) is 10.2. The largest absolute Gasteiger partial charge is 0.478 e. The third kappa shape index (κ3) is 5.29. The first-order valence-electron chi connectivity index (χ1n) is 13.1. The number of hydrogen-bond donors (Lipinski definition) is 1. The SMILES string of the molecule is Cc1cc(C(C)CCCc2ccccc2C(=O)O)c2oc(-c3ccc4c(c3)CCCC=C4)cc(=O)c2c1. The van der Waals surface area contributed by atoms with Gasteiger partial charge in [-0.1, -0.05) is 55.5 Å². The summed E-state index contributed by atoms with van der Waals surface area (Å²) in [6.45, 7) is 4.16. The Kier molecular flexibility index (Phi) is 7.09. The Morgan fingerprint density at radius 3 is 2.76 bits per heavy atom. The number of rotatable bonds is 7. The van der Waals surface area contributed by atoms with Crippen molar-refractivity contribution in [1.82, 2.24) is 0 Å². The molecule has 4 heteroatoms. The van der Waals surface area contributed by atoms with Crippen LogP contribution in [0.2, 0.25) is 0 Å². The fraction of sp³-hybridized carbons (Fsp3) is 0.273. The summed E-state index contributed by atoms with van der Waals surface area (Å²) in [6, 6.07) is 19.1. The fourth-order valence-corrected chi connectivity index (χ4v) is 5.40. The van der Waals surface area contributed by atoms with Gasteiger partial charge in [-0.2, -0.15) is 0 Å². The van der Waals surface area contributed by atoms with Crippen LogP contribution in [0.3, 0.4) is 0 Å². The van der Waals surface area contributed by atoms with Gasteiger partial charge in [0.1, 0.15) is 11.3 Å². The number of aromatic carboxylic acids is 1. The maximum Gasteiger partial charge on any atom is 0.335 e. The van der Waals surface area contributed by atoms with Gasteiger partial charge in [-0.3, -0.25) is 4.79 Å². The van der Waals surface area contributed by atoms with Crippen molar-refractivity contribution < 1.29 is 14.3 Å². The summed E-state index contributed by atoms with van der Waals surface area (Å²) < 4.78 is 6.48. The van der Waals surface area contributed by atoms with Crippen molar-refractivity contribution in [3.63, 3.8) is 0 Å². The Morgan fingerprint density at radius 1 is 1.08 bits per heavy atom. The molecule has 188 valence electrons. The third-order valence-electron chi connectivity index (χ3n) is 7.41. The molecule has 1 aliphatic rings. The lowest BCUT2D eigenvalue weighted by molar-refractivity contribution is 0.0695. The van der Waals surface area contributed by atoms with Crippen LogP contribution in [0.15, 0.2) is 76.0 Å². The topological polar surface area (TPSA) is 67.5 Å². The average molecular weight is 493 g/mol. The van der Waals surface area contributed by atoms with E-state index >= 15 is 0 Å². The van der Waals surface area contributed by atoms with Gasteiger partial charge < -0.3 is 9.52 Å². The summed E-state index contributed by atoms with van der Waals surface area (Å²) in [5.74, 6) is -0.146. The molecule has 0 saturated carbocycles. The third-order valence-corrected chi connectivity index (χ3v) is 7.41. The zero-order valence-electron chi connectivity index (χ0n) is 21.4. The minimum absolute atomic E-state index is 0.0291. The summed E-state index contributed by atoms with van der Waals surface area (Å²) in [4.78, 5) is 24.8. The van der Waals surface area contributed by atoms with E-state index in [1.54, 1.807) is 18.2 Å². The number of benzene rings is 3. The number of carboxylic acid groups (broad SMARTS) is 1. The van der Waals surface area contributed by atoms with Crippen LogP contribution in [0.4, 0.5) is 0 Å². The fourth-order valence-electron chi connectivity index (χ4n) is 5.40. The molecule has 0 fully saturated rings. The molecule has 1 atom stereocenters. The zero-order valence-corrected chi connectivity index (χ0v) is 21.4. The van der Waals surface area contributed by atoms with Crippen molar-refractivity contribution in [3.8, 4) is 11.3 Å². The molecule has 0 radical (unpaired) electrons. The number of carbonyl (C=O) groups is 1. The van der Waals surface area contributed by atoms with Gasteiger partial charge >= 0.3 is 5.97 Å². The highest BCUT2D eigenvalue weighted by molar-refractivity contribution is 5.89.